The summed E-state index contributed by atoms with van der Waals surface area (Å²) in [6, 6.07) is 3.21. The van der Waals surface area contributed by atoms with Crippen molar-refractivity contribution in [2.75, 3.05) is 0 Å². The maximum atomic E-state index is 12.1. The van der Waals surface area contributed by atoms with Gasteiger partial charge in [0.15, 0.2) is 0 Å². The molecular weight excluding hydrogens is 264 g/mol. The molecule has 1 rings (SSSR count). The summed E-state index contributed by atoms with van der Waals surface area (Å²) in [7, 11) is 0. The molecule has 0 aliphatic rings. The van der Waals surface area contributed by atoms with E-state index in [1.807, 2.05) is 0 Å². The third kappa shape index (κ3) is 3.53. The van der Waals surface area contributed by atoms with Gasteiger partial charge in [-0.3, -0.25) is 14.9 Å². The number of nitro benzene ring substituents is 1. The number of amides is 1. The second-order valence-electron chi connectivity index (χ2n) is 4.38. The van der Waals surface area contributed by atoms with Crippen molar-refractivity contribution in [2.24, 2.45) is 0 Å². The van der Waals surface area contributed by atoms with E-state index >= 15 is 0 Å². The number of carboxylic acid groups (broad SMARTS) is 1. The van der Waals surface area contributed by atoms with Gasteiger partial charge in [0.25, 0.3) is 11.6 Å². The number of hydrogen-bond donors (Lipinski definition) is 2. The van der Waals surface area contributed by atoms with Crippen LogP contribution in [-0.2, 0) is 4.79 Å². The van der Waals surface area contributed by atoms with Crippen molar-refractivity contribution in [3.05, 3.63) is 39.4 Å². The summed E-state index contributed by atoms with van der Waals surface area (Å²) in [6.07, 6.45) is 0.841. The standard InChI is InChI=1S/C13H16N2O5/c1-3-5-9(13(17)18)14-12(16)11-8(2)6-4-7-10(11)15(19)20/h4,6-7,9H,3,5H2,1-2H3,(H,14,16)(H,17,18). The van der Waals surface area contributed by atoms with Crippen LogP contribution in [0, 0.1) is 17.0 Å². The zero-order valence-electron chi connectivity index (χ0n) is 11.3. The molecule has 0 radical (unpaired) electrons. The van der Waals surface area contributed by atoms with Crippen LogP contribution < -0.4 is 5.32 Å². The summed E-state index contributed by atoms with van der Waals surface area (Å²) in [5.74, 6) is -1.90. The lowest BCUT2D eigenvalue weighted by molar-refractivity contribution is -0.385. The average Bonchev–Trinajstić information content (AvgIpc) is 2.37. The number of aryl methyl sites for hydroxylation is 1. The Balaban J connectivity index is 3.09. The number of carbonyl (C=O) groups excluding carboxylic acids is 1. The van der Waals surface area contributed by atoms with Crippen molar-refractivity contribution in [1.82, 2.24) is 5.32 Å². The molecule has 0 spiro atoms. The summed E-state index contributed by atoms with van der Waals surface area (Å²) in [4.78, 5) is 33.4. The second-order valence-corrected chi connectivity index (χ2v) is 4.38. The first kappa shape index (κ1) is 15.6. The summed E-state index contributed by atoms with van der Waals surface area (Å²) in [5, 5.41) is 22.3. The van der Waals surface area contributed by atoms with Crippen LogP contribution in [0.3, 0.4) is 0 Å². The van der Waals surface area contributed by atoms with Crippen molar-refractivity contribution in [3.63, 3.8) is 0 Å². The Morgan fingerprint density at radius 3 is 2.60 bits per heavy atom. The van der Waals surface area contributed by atoms with Crippen LogP contribution in [0.25, 0.3) is 0 Å². The molecule has 0 aromatic heterocycles. The molecule has 0 fully saturated rings. The van der Waals surface area contributed by atoms with E-state index in [0.29, 0.717) is 12.0 Å². The third-order valence-electron chi connectivity index (χ3n) is 2.86. The maximum Gasteiger partial charge on any atom is 0.326 e. The van der Waals surface area contributed by atoms with Crippen molar-refractivity contribution >= 4 is 17.6 Å². The first-order valence-corrected chi connectivity index (χ1v) is 6.16. The van der Waals surface area contributed by atoms with E-state index in [9.17, 15) is 19.7 Å². The van der Waals surface area contributed by atoms with Crippen LogP contribution in [0.2, 0.25) is 0 Å². The van der Waals surface area contributed by atoms with Crippen LogP contribution in [0.5, 0.6) is 0 Å². The predicted molar refractivity (Wildman–Crippen MR) is 71.6 cm³/mol. The van der Waals surface area contributed by atoms with E-state index in [1.54, 1.807) is 19.9 Å². The fourth-order valence-electron chi connectivity index (χ4n) is 1.88. The number of nitro groups is 1. The van der Waals surface area contributed by atoms with Crippen molar-refractivity contribution in [3.8, 4) is 0 Å². The highest BCUT2D eigenvalue weighted by Crippen LogP contribution is 2.21. The van der Waals surface area contributed by atoms with Gasteiger partial charge in [-0.05, 0) is 18.9 Å². The molecule has 108 valence electrons. The number of carbonyl (C=O) groups is 2. The van der Waals surface area contributed by atoms with E-state index < -0.39 is 22.8 Å². The first-order chi connectivity index (χ1) is 9.38. The highest BCUT2D eigenvalue weighted by Gasteiger charge is 2.26. The number of benzene rings is 1. The van der Waals surface area contributed by atoms with Crippen molar-refractivity contribution < 1.29 is 19.6 Å². The van der Waals surface area contributed by atoms with Gasteiger partial charge in [-0.2, -0.15) is 0 Å². The molecule has 0 bridgehead atoms. The van der Waals surface area contributed by atoms with Gasteiger partial charge in [-0.1, -0.05) is 25.5 Å². The zero-order chi connectivity index (χ0) is 15.3. The molecule has 1 unspecified atom stereocenters. The second kappa shape index (κ2) is 6.65. The molecular formula is C13H16N2O5. The Labute approximate surface area is 115 Å². The SMILES string of the molecule is CCCC(NC(=O)c1c(C)cccc1[N+](=O)[O-])C(=O)O. The van der Waals surface area contributed by atoms with E-state index in [4.69, 9.17) is 5.11 Å². The summed E-state index contributed by atoms with van der Waals surface area (Å²) in [6.45, 7) is 3.36. The Bertz CT molecular complexity index is 542. The number of aliphatic carboxylic acids is 1. The summed E-state index contributed by atoms with van der Waals surface area (Å²) >= 11 is 0. The number of nitrogens with one attached hydrogen (secondary N) is 1. The Hall–Kier alpha value is -2.44. The number of carboxylic acids is 1. The topological polar surface area (TPSA) is 110 Å². The molecule has 7 nitrogen and oxygen atoms in total. The quantitative estimate of drug-likeness (QED) is 0.610. The van der Waals surface area contributed by atoms with E-state index in [-0.39, 0.29) is 17.7 Å². The van der Waals surface area contributed by atoms with Gasteiger partial charge in [-0.15, -0.1) is 0 Å². The average molecular weight is 280 g/mol. The fourth-order valence-corrected chi connectivity index (χ4v) is 1.88. The molecule has 20 heavy (non-hydrogen) atoms. The van der Waals surface area contributed by atoms with Gasteiger partial charge in [-0.25, -0.2) is 4.79 Å². The molecule has 0 aliphatic heterocycles. The van der Waals surface area contributed by atoms with Crippen LogP contribution in [-0.4, -0.2) is 27.9 Å². The van der Waals surface area contributed by atoms with Gasteiger partial charge in [0.1, 0.15) is 11.6 Å². The van der Waals surface area contributed by atoms with Crippen LogP contribution in [0.15, 0.2) is 18.2 Å². The number of hydrogen-bond acceptors (Lipinski definition) is 4. The third-order valence-corrected chi connectivity index (χ3v) is 2.86. The smallest absolute Gasteiger partial charge is 0.326 e. The van der Waals surface area contributed by atoms with Gasteiger partial charge < -0.3 is 10.4 Å². The minimum Gasteiger partial charge on any atom is -0.480 e. The Morgan fingerprint density at radius 1 is 1.45 bits per heavy atom. The van der Waals surface area contributed by atoms with Crippen molar-refractivity contribution in [2.45, 2.75) is 32.7 Å². The number of rotatable bonds is 6. The monoisotopic (exact) mass is 280 g/mol. The largest absolute Gasteiger partial charge is 0.480 e. The lowest BCUT2D eigenvalue weighted by atomic mass is 10.0. The van der Waals surface area contributed by atoms with E-state index in [2.05, 4.69) is 5.32 Å². The molecule has 1 aromatic carbocycles. The molecule has 2 N–H and O–H groups in total. The van der Waals surface area contributed by atoms with Gasteiger partial charge >= 0.3 is 5.97 Å². The first-order valence-electron chi connectivity index (χ1n) is 6.16. The number of nitrogens with zero attached hydrogens (tertiary/aromatic N) is 1. The highest BCUT2D eigenvalue weighted by molar-refractivity contribution is 6.01. The lowest BCUT2D eigenvalue weighted by Crippen LogP contribution is -2.41. The van der Waals surface area contributed by atoms with Gasteiger partial charge in [0.05, 0.1) is 4.92 Å². The van der Waals surface area contributed by atoms with E-state index in [0.717, 1.165) is 0 Å². The molecule has 1 aromatic rings. The summed E-state index contributed by atoms with van der Waals surface area (Å²) in [5.41, 5.74) is 0.000303. The minimum absolute atomic E-state index is 0.0974. The highest BCUT2D eigenvalue weighted by atomic mass is 16.6. The molecule has 7 heteroatoms. The summed E-state index contributed by atoms with van der Waals surface area (Å²) < 4.78 is 0. The zero-order valence-corrected chi connectivity index (χ0v) is 11.3. The Morgan fingerprint density at radius 2 is 2.10 bits per heavy atom. The molecule has 0 saturated carbocycles. The van der Waals surface area contributed by atoms with Gasteiger partial charge in [0.2, 0.25) is 0 Å². The predicted octanol–water partition coefficient (Wildman–Crippen LogP) is 1.89. The molecule has 1 amide bonds. The molecule has 0 saturated heterocycles. The van der Waals surface area contributed by atoms with Gasteiger partial charge in [0, 0.05) is 6.07 Å². The lowest BCUT2D eigenvalue weighted by Gasteiger charge is -2.14. The maximum absolute atomic E-state index is 12.1. The molecule has 0 aliphatic carbocycles. The molecule has 0 heterocycles. The molecule has 1 atom stereocenters. The minimum atomic E-state index is -1.16. The van der Waals surface area contributed by atoms with E-state index in [1.165, 1.54) is 12.1 Å². The normalized spacial score (nSPS) is 11.7. The van der Waals surface area contributed by atoms with Crippen LogP contribution in [0.1, 0.15) is 35.7 Å². The van der Waals surface area contributed by atoms with Crippen molar-refractivity contribution in [1.29, 1.82) is 0 Å². The fraction of sp³-hybridized carbons (Fsp3) is 0.385. The van der Waals surface area contributed by atoms with Crippen LogP contribution in [0.4, 0.5) is 5.69 Å². The van der Waals surface area contributed by atoms with Crippen LogP contribution >= 0.6 is 0 Å². The Kier molecular flexibility index (Phi) is 5.19.